The smallest absolute Gasteiger partial charge is 0.387 e. The number of H-pyrrole nitrogens is 2. The van der Waals surface area contributed by atoms with Crippen molar-refractivity contribution in [2.75, 3.05) is 13.2 Å². The Hall–Kier alpha value is -3.09. The normalized spacial score (nSPS) is 15.0. The maximum absolute atomic E-state index is 11.6. The third-order valence-corrected chi connectivity index (χ3v) is 5.63. The summed E-state index contributed by atoms with van der Waals surface area (Å²) in [5.74, 6) is 0.257. The minimum absolute atomic E-state index is 0.000000000000000222. The van der Waals surface area contributed by atoms with Crippen LogP contribution in [-0.2, 0) is 14.3 Å². The van der Waals surface area contributed by atoms with E-state index in [0.717, 1.165) is 50.5 Å². The van der Waals surface area contributed by atoms with Crippen LogP contribution in [0.1, 0.15) is 82.7 Å². The van der Waals surface area contributed by atoms with Gasteiger partial charge in [-0.2, -0.15) is 0 Å². The largest absolute Gasteiger partial charge is 0.460 e. The van der Waals surface area contributed by atoms with Gasteiger partial charge >= 0.3 is 12.5 Å². The Labute approximate surface area is 222 Å². The van der Waals surface area contributed by atoms with Crippen LogP contribution in [0.15, 0.2) is 4.79 Å². The maximum atomic E-state index is 11.6. The summed E-state index contributed by atoms with van der Waals surface area (Å²) >= 11 is 9.04. The van der Waals surface area contributed by atoms with Crippen molar-refractivity contribution >= 4 is 47.5 Å². The van der Waals surface area contributed by atoms with E-state index in [0.29, 0.717) is 23.2 Å². The lowest BCUT2D eigenvalue weighted by Crippen LogP contribution is -2.18. The molecule has 0 aromatic carbocycles. The highest BCUT2D eigenvalue weighted by Crippen LogP contribution is 2.34. The van der Waals surface area contributed by atoms with Crippen LogP contribution < -0.4 is 17.0 Å². The molecule has 2 fully saturated rings. The van der Waals surface area contributed by atoms with Crippen LogP contribution in [0.5, 0.6) is 0 Å². The van der Waals surface area contributed by atoms with Crippen LogP contribution in [0.4, 0.5) is 5.69 Å². The van der Waals surface area contributed by atoms with E-state index in [1.165, 1.54) is 25.7 Å². The molecule has 1 heterocycles. The molecule has 6 N–H and O–H groups in total. The zero-order valence-corrected chi connectivity index (χ0v) is 22.3. The molecule has 0 atom stereocenters. The molecule has 0 bridgehead atoms. The van der Waals surface area contributed by atoms with Crippen molar-refractivity contribution in [3.05, 3.63) is 43.7 Å². The summed E-state index contributed by atoms with van der Waals surface area (Å²) in [5, 5.41) is 0.000000000000000222. The molecule has 2 saturated carbocycles. The minimum atomic E-state index is -0.442. The average molecular weight is 537 g/mol. The first-order chi connectivity index (χ1) is 17.2. The second-order valence-electron chi connectivity index (χ2n) is 8.18. The van der Waals surface area contributed by atoms with Gasteiger partial charge in [0.2, 0.25) is 0 Å². The van der Waals surface area contributed by atoms with Crippen LogP contribution in [0.3, 0.4) is 0 Å². The summed E-state index contributed by atoms with van der Waals surface area (Å²) in [6.45, 7) is 15.2. The number of esters is 1. The Kier molecular flexibility index (Phi) is 18.4. The van der Waals surface area contributed by atoms with Gasteiger partial charge < -0.3 is 35.8 Å². The van der Waals surface area contributed by atoms with E-state index in [-0.39, 0.29) is 22.9 Å². The van der Waals surface area contributed by atoms with Crippen molar-refractivity contribution in [2.45, 2.75) is 77.0 Å². The maximum Gasteiger partial charge on any atom is 0.387 e. The van der Waals surface area contributed by atoms with Crippen molar-refractivity contribution < 1.29 is 14.3 Å². The van der Waals surface area contributed by atoms with E-state index >= 15 is 0 Å². The van der Waals surface area contributed by atoms with Gasteiger partial charge in [0.15, 0.2) is 9.88 Å². The molecule has 0 radical (unpaired) electrons. The summed E-state index contributed by atoms with van der Waals surface area (Å²) in [6.07, 6.45) is 12.9. The van der Waals surface area contributed by atoms with Gasteiger partial charge in [-0.3, -0.25) is 4.79 Å². The number of carbonyl (C=O) groups is 2. The number of hydrogen-bond acceptors (Lipinski definition) is 6. The molecule has 10 nitrogen and oxygen atoms in total. The highest BCUT2D eigenvalue weighted by molar-refractivity contribution is 7.80. The second kappa shape index (κ2) is 20.1. The quantitative estimate of drug-likeness (QED) is 0.190. The van der Waals surface area contributed by atoms with Crippen molar-refractivity contribution in [3.63, 3.8) is 0 Å². The second-order valence-corrected chi connectivity index (χ2v) is 9.05. The van der Waals surface area contributed by atoms with E-state index in [9.17, 15) is 14.4 Å². The van der Waals surface area contributed by atoms with Crippen LogP contribution in [0.2, 0.25) is 0 Å². The number of rotatable bonds is 4. The van der Waals surface area contributed by atoms with Gasteiger partial charge in [0, 0.05) is 11.6 Å². The summed E-state index contributed by atoms with van der Waals surface area (Å²) < 4.78 is 4.75. The van der Waals surface area contributed by atoms with E-state index in [1.807, 2.05) is 0 Å². The van der Waals surface area contributed by atoms with Gasteiger partial charge in [-0.1, -0.05) is 38.5 Å². The van der Waals surface area contributed by atoms with Crippen LogP contribution >= 0.6 is 24.4 Å². The first-order valence-electron chi connectivity index (χ1n) is 11.9. The molecule has 1 aromatic heterocycles. The topological polar surface area (TPSA) is 153 Å². The minimum Gasteiger partial charge on any atom is -0.460 e. The third-order valence-electron chi connectivity index (χ3n) is 5.43. The number of hydrogen-bond donors (Lipinski definition) is 4. The number of nitrogens with one attached hydrogen (secondary N) is 2. The predicted molar refractivity (Wildman–Crippen MR) is 146 cm³/mol. The van der Waals surface area contributed by atoms with Crippen LogP contribution in [-0.4, -0.2) is 40.5 Å². The molecular formula is C24H36N6O4S2. The SMILES string of the molecule is NC(N)=S.O=CC1CCCCC1.[C-]#[N+]CC(=O)OCC.[C-]#[N+]c1c(C2CCCCC2)[nH]c(=S)[nH]c1=O. The van der Waals surface area contributed by atoms with E-state index in [1.54, 1.807) is 6.92 Å². The van der Waals surface area contributed by atoms with Gasteiger partial charge in [-0.05, 0) is 63.0 Å². The van der Waals surface area contributed by atoms with E-state index in [2.05, 4.69) is 48.1 Å². The van der Waals surface area contributed by atoms with Crippen molar-refractivity contribution in [1.29, 1.82) is 0 Å². The standard InChI is InChI=1S/C11H13N3OS.C7H12O.C5H7NO2.CH4N2S/c1-12-9-8(7-5-3-2-4-6-7)13-11(16)14-10(9)15;8-6-7-4-2-1-3-5-7;1-3-8-5(7)4-6-2;2-1(3)4/h7H,2-6H2,(H2,13,14,15,16);6-7H,1-5H2;3-4H2,1H3;(H4,2,3,4). The molecule has 0 spiro atoms. The Morgan fingerprint density at radius 3 is 2.03 bits per heavy atom. The number of aldehydes is 1. The molecule has 2 aliphatic carbocycles. The summed E-state index contributed by atoms with van der Waals surface area (Å²) in [6, 6.07) is 0. The first kappa shape index (κ1) is 32.9. The summed E-state index contributed by atoms with van der Waals surface area (Å²) in [7, 11) is 0. The number of thiocarbonyl (C=S) groups is 1. The van der Waals surface area contributed by atoms with E-state index in [4.69, 9.17) is 25.4 Å². The van der Waals surface area contributed by atoms with Gasteiger partial charge in [-0.25, -0.2) is 16.2 Å². The van der Waals surface area contributed by atoms with Crippen LogP contribution in [0.25, 0.3) is 9.69 Å². The average Bonchev–Trinajstić information content (AvgIpc) is 2.85. The molecule has 3 rings (SSSR count). The lowest BCUT2D eigenvalue weighted by atomic mass is 9.86. The molecule has 36 heavy (non-hydrogen) atoms. The molecule has 2 aliphatic rings. The van der Waals surface area contributed by atoms with Gasteiger partial charge in [0.1, 0.15) is 6.29 Å². The molecule has 0 aliphatic heterocycles. The Bertz CT molecular complexity index is 1010. The van der Waals surface area contributed by atoms with Crippen LogP contribution in [0, 0.1) is 23.8 Å². The molecule has 1 aromatic rings. The van der Waals surface area contributed by atoms with Gasteiger partial charge in [0.25, 0.3) is 11.2 Å². The summed E-state index contributed by atoms with van der Waals surface area (Å²) in [4.78, 5) is 43.5. The van der Waals surface area contributed by atoms with E-state index < -0.39 is 5.97 Å². The summed E-state index contributed by atoms with van der Waals surface area (Å²) in [5.41, 5.74) is 9.80. The number of nitrogens with two attached hydrogens (primary N) is 2. The first-order valence-corrected chi connectivity index (χ1v) is 12.7. The van der Waals surface area contributed by atoms with Crippen molar-refractivity contribution in [1.82, 2.24) is 9.97 Å². The Balaban J connectivity index is 0.000000518. The van der Waals surface area contributed by atoms with Gasteiger partial charge in [-0.15, -0.1) is 0 Å². The Morgan fingerprint density at radius 1 is 1.08 bits per heavy atom. The molecule has 0 amide bonds. The fourth-order valence-electron chi connectivity index (χ4n) is 3.84. The van der Waals surface area contributed by atoms with Crippen molar-refractivity contribution in [2.24, 2.45) is 17.4 Å². The fraction of sp³-hybridized carbons (Fsp3) is 0.625. The number of carbonyl (C=O) groups excluding carboxylic acids is 2. The zero-order chi connectivity index (χ0) is 27.3. The Morgan fingerprint density at radius 2 is 1.61 bits per heavy atom. The fourth-order valence-corrected chi connectivity index (χ4v) is 4.04. The number of ether oxygens (including phenoxy) is 1. The number of nitrogens with zero attached hydrogens (tertiary/aromatic N) is 2. The van der Waals surface area contributed by atoms with Crippen molar-refractivity contribution in [3.8, 4) is 0 Å². The molecule has 0 saturated heterocycles. The highest BCUT2D eigenvalue weighted by atomic mass is 32.1. The predicted octanol–water partition coefficient (Wildman–Crippen LogP) is 4.45. The lowest BCUT2D eigenvalue weighted by Gasteiger charge is -2.22. The molecule has 0 unspecified atom stereocenters. The highest BCUT2D eigenvalue weighted by Gasteiger charge is 2.21. The number of aromatic amines is 2. The molecule has 12 heteroatoms. The molecular weight excluding hydrogens is 500 g/mol. The lowest BCUT2D eigenvalue weighted by molar-refractivity contribution is -0.140. The zero-order valence-electron chi connectivity index (χ0n) is 20.7. The molecule has 198 valence electrons. The number of aromatic nitrogens is 2. The van der Waals surface area contributed by atoms with Gasteiger partial charge in [0.05, 0.1) is 13.2 Å². The third kappa shape index (κ3) is 15.0. The monoisotopic (exact) mass is 536 g/mol.